The van der Waals surface area contributed by atoms with Crippen LogP contribution >= 0.6 is 22.6 Å². The number of hydrogen-bond donors (Lipinski definition) is 2. The fraction of sp³-hybridized carbons (Fsp3) is 0.500. The smallest absolute Gasteiger partial charge is 0.266 e. The molecular formula is C10H13IN4O2. The molecule has 2 heterocycles. The molecule has 0 saturated carbocycles. The van der Waals surface area contributed by atoms with Crippen molar-refractivity contribution in [1.82, 2.24) is 15.3 Å². The monoisotopic (exact) mass is 348 g/mol. The van der Waals surface area contributed by atoms with Gasteiger partial charge in [-0.3, -0.25) is 9.59 Å². The van der Waals surface area contributed by atoms with E-state index in [1.807, 2.05) is 27.5 Å². The van der Waals surface area contributed by atoms with Gasteiger partial charge < -0.3 is 15.2 Å². The highest BCUT2D eigenvalue weighted by atomic mass is 127. The Labute approximate surface area is 112 Å². The first-order chi connectivity index (χ1) is 8.08. The molecule has 1 atom stereocenters. The van der Waals surface area contributed by atoms with E-state index in [4.69, 9.17) is 0 Å². The third kappa shape index (κ3) is 2.76. The highest BCUT2D eigenvalue weighted by Crippen LogP contribution is 2.20. The van der Waals surface area contributed by atoms with Crippen molar-refractivity contribution >= 4 is 34.3 Å². The van der Waals surface area contributed by atoms with Crippen LogP contribution in [0.25, 0.3) is 0 Å². The summed E-state index contributed by atoms with van der Waals surface area (Å²) in [6.45, 7) is 3.02. The Hall–Kier alpha value is -1.12. The highest BCUT2D eigenvalue weighted by molar-refractivity contribution is 14.1. The molecule has 1 amide bonds. The molecular weight excluding hydrogens is 335 g/mol. The Balaban J connectivity index is 2.12. The lowest BCUT2D eigenvalue weighted by atomic mass is 10.3. The van der Waals surface area contributed by atoms with Gasteiger partial charge in [0.25, 0.3) is 5.56 Å². The van der Waals surface area contributed by atoms with Gasteiger partial charge in [-0.15, -0.1) is 0 Å². The molecule has 1 aromatic rings. The number of halogens is 1. The summed E-state index contributed by atoms with van der Waals surface area (Å²) < 4.78 is 0.591. The zero-order valence-electron chi connectivity index (χ0n) is 9.36. The van der Waals surface area contributed by atoms with Gasteiger partial charge in [0.15, 0.2) is 0 Å². The molecule has 1 aliphatic heterocycles. The summed E-state index contributed by atoms with van der Waals surface area (Å²) >= 11 is 1.99. The minimum Gasteiger partial charge on any atom is -0.353 e. The van der Waals surface area contributed by atoms with E-state index in [1.165, 1.54) is 13.3 Å². The number of amides is 1. The molecule has 1 fully saturated rings. The zero-order valence-corrected chi connectivity index (χ0v) is 11.5. The van der Waals surface area contributed by atoms with Crippen molar-refractivity contribution in [1.29, 1.82) is 0 Å². The number of carbonyl (C=O) groups is 1. The molecule has 1 aromatic heterocycles. The van der Waals surface area contributed by atoms with Crippen molar-refractivity contribution in [2.45, 2.75) is 19.4 Å². The van der Waals surface area contributed by atoms with Crippen LogP contribution in [0.15, 0.2) is 11.1 Å². The number of aromatic nitrogens is 2. The summed E-state index contributed by atoms with van der Waals surface area (Å²) in [6.07, 6.45) is 2.29. The number of aromatic amines is 1. The average molecular weight is 348 g/mol. The summed E-state index contributed by atoms with van der Waals surface area (Å²) in [5, 5.41) is 2.88. The topological polar surface area (TPSA) is 78.1 Å². The van der Waals surface area contributed by atoms with Crippen LogP contribution in [0.2, 0.25) is 0 Å². The minimum absolute atomic E-state index is 0.0228. The number of anilines is 1. The highest BCUT2D eigenvalue weighted by Gasteiger charge is 2.25. The predicted octanol–water partition coefficient (Wildman–Crippen LogP) is 0.0893. The second-order valence-electron chi connectivity index (χ2n) is 4.00. The Morgan fingerprint density at radius 2 is 2.47 bits per heavy atom. The van der Waals surface area contributed by atoms with E-state index >= 15 is 0 Å². The van der Waals surface area contributed by atoms with Crippen LogP contribution in [0.1, 0.15) is 13.3 Å². The Kier molecular flexibility index (Phi) is 3.65. The number of carbonyl (C=O) groups excluding carboxylic acids is 1. The third-order valence-electron chi connectivity index (χ3n) is 2.67. The van der Waals surface area contributed by atoms with Gasteiger partial charge in [-0.25, -0.2) is 4.98 Å². The first kappa shape index (κ1) is 12.3. The molecule has 0 aliphatic carbocycles. The van der Waals surface area contributed by atoms with E-state index in [0.717, 1.165) is 13.0 Å². The minimum atomic E-state index is -0.126. The van der Waals surface area contributed by atoms with Crippen molar-refractivity contribution in [2.75, 3.05) is 18.0 Å². The molecule has 1 saturated heterocycles. The molecule has 2 N–H and O–H groups in total. The fourth-order valence-corrected chi connectivity index (χ4v) is 2.59. The second kappa shape index (κ2) is 5.03. The van der Waals surface area contributed by atoms with E-state index in [2.05, 4.69) is 15.3 Å². The van der Waals surface area contributed by atoms with Crippen LogP contribution in [-0.2, 0) is 4.79 Å². The Bertz CT molecular complexity index is 487. The molecule has 1 aliphatic rings. The molecule has 1 unspecified atom stereocenters. The molecule has 0 aromatic carbocycles. The van der Waals surface area contributed by atoms with Crippen molar-refractivity contribution in [3.05, 3.63) is 20.3 Å². The Morgan fingerprint density at radius 3 is 3.18 bits per heavy atom. The quantitative estimate of drug-likeness (QED) is 0.743. The maximum Gasteiger partial charge on any atom is 0.266 e. The summed E-state index contributed by atoms with van der Waals surface area (Å²) in [4.78, 5) is 31.2. The van der Waals surface area contributed by atoms with Gasteiger partial charge in [0.2, 0.25) is 5.91 Å². The molecule has 0 bridgehead atoms. The lowest BCUT2D eigenvalue weighted by molar-refractivity contribution is -0.119. The first-order valence-electron chi connectivity index (χ1n) is 5.33. The van der Waals surface area contributed by atoms with Crippen LogP contribution in [0.3, 0.4) is 0 Å². The van der Waals surface area contributed by atoms with Crippen LogP contribution in [0.4, 0.5) is 5.82 Å². The molecule has 6 nitrogen and oxygen atoms in total. The van der Waals surface area contributed by atoms with Crippen molar-refractivity contribution in [2.24, 2.45) is 0 Å². The second-order valence-corrected chi connectivity index (χ2v) is 5.08. The SMILES string of the molecule is CC(=O)NC1CCN(c2nc[nH]c(=O)c2I)C1. The first-order valence-corrected chi connectivity index (χ1v) is 6.41. The van der Waals surface area contributed by atoms with Gasteiger partial charge in [-0.2, -0.15) is 0 Å². The van der Waals surface area contributed by atoms with Crippen molar-refractivity contribution < 1.29 is 4.79 Å². The summed E-state index contributed by atoms with van der Waals surface area (Å²) in [7, 11) is 0. The molecule has 7 heteroatoms. The lowest BCUT2D eigenvalue weighted by Crippen LogP contribution is -2.36. The fourth-order valence-electron chi connectivity index (χ4n) is 1.95. The van der Waals surface area contributed by atoms with E-state index < -0.39 is 0 Å². The average Bonchev–Trinajstić information content (AvgIpc) is 2.69. The largest absolute Gasteiger partial charge is 0.353 e. The summed E-state index contributed by atoms with van der Waals surface area (Å²) in [6, 6.07) is 0.143. The maximum absolute atomic E-state index is 11.5. The Morgan fingerprint density at radius 1 is 1.71 bits per heavy atom. The van der Waals surface area contributed by atoms with Crippen LogP contribution in [0, 0.1) is 3.57 Å². The van der Waals surface area contributed by atoms with E-state index in [1.54, 1.807) is 0 Å². The van der Waals surface area contributed by atoms with E-state index in [0.29, 0.717) is 15.9 Å². The number of H-pyrrole nitrogens is 1. The zero-order chi connectivity index (χ0) is 12.4. The van der Waals surface area contributed by atoms with Gasteiger partial charge in [0, 0.05) is 26.1 Å². The number of rotatable bonds is 2. The van der Waals surface area contributed by atoms with Gasteiger partial charge in [0.05, 0.1) is 6.33 Å². The van der Waals surface area contributed by atoms with Crippen molar-refractivity contribution in [3.8, 4) is 0 Å². The third-order valence-corrected chi connectivity index (χ3v) is 3.65. The van der Waals surface area contributed by atoms with E-state index in [9.17, 15) is 9.59 Å². The predicted molar refractivity (Wildman–Crippen MR) is 72.0 cm³/mol. The van der Waals surface area contributed by atoms with Gasteiger partial charge >= 0.3 is 0 Å². The van der Waals surface area contributed by atoms with Crippen LogP contribution in [0.5, 0.6) is 0 Å². The maximum atomic E-state index is 11.5. The number of nitrogens with one attached hydrogen (secondary N) is 2. The normalized spacial score (nSPS) is 19.4. The van der Waals surface area contributed by atoms with E-state index in [-0.39, 0.29) is 17.5 Å². The molecule has 0 spiro atoms. The molecule has 92 valence electrons. The number of hydrogen-bond acceptors (Lipinski definition) is 4. The molecule has 2 rings (SSSR count). The van der Waals surface area contributed by atoms with Gasteiger partial charge in [-0.1, -0.05) is 0 Å². The lowest BCUT2D eigenvalue weighted by Gasteiger charge is -2.18. The van der Waals surface area contributed by atoms with Gasteiger partial charge in [-0.05, 0) is 29.0 Å². The van der Waals surface area contributed by atoms with Crippen molar-refractivity contribution in [3.63, 3.8) is 0 Å². The van der Waals surface area contributed by atoms with Gasteiger partial charge in [0.1, 0.15) is 9.39 Å². The number of nitrogens with zero attached hydrogens (tertiary/aromatic N) is 2. The summed E-state index contributed by atoms with van der Waals surface area (Å²) in [5.41, 5.74) is -0.126. The van der Waals surface area contributed by atoms with Crippen LogP contribution in [-0.4, -0.2) is 35.0 Å². The van der Waals surface area contributed by atoms with Crippen LogP contribution < -0.4 is 15.8 Å². The molecule has 0 radical (unpaired) electrons. The molecule has 17 heavy (non-hydrogen) atoms. The standard InChI is InChI=1S/C10H13IN4O2/c1-6(16)14-7-2-3-15(4-7)9-8(11)10(17)13-5-12-9/h5,7H,2-4H2,1H3,(H,14,16)(H,12,13,17). The summed E-state index contributed by atoms with van der Waals surface area (Å²) in [5.74, 6) is 0.674.